The Bertz CT molecular complexity index is 1010. The molecule has 0 radical (unpaired) electrons. The average molecular weight is 515 g/mol. The SMILES string of the molecule is CC(=O)NCC(=O)N1CCC[C@H]1C(=O)N[C@@H](Cc1ccccc1)C(=O)N[C@@H](CC(C)C)C(=O)[C@@]1(C)CO1. The van der Waals surface area contributed by atoms with Gasteiger partial charge in [-0.1, -0.05) is 44.2 Å². The number of nitrogens with one attached hydrogen (secondary N) is 3. The molecule has 2 fully saturated rings. The van der Waals surface area contributed by atoms with Crippen molar-refractivity contribution in [2.75, 3.05) is 19.7 Å². The molecule has 4 atom stereocenters. The number of benzene rings is 1. The van der Waals surface area contributed by atoms with Crippen molar-refractivity contribution in [2.45, 2.75) is 77.1 Å². The summed E-state index contributed by atoms with van der Waals surface area (Å²) >= 11 is 0. The van der Waals surface area contributed by atoms with Gasteiger partial charge in [-0.25, -0.2) is 0 Å². The first-order chi connectivity index (χ1) is 17.5. The first-order valence-corrected chi connectivity index (χ1v) is 12.9. The van der Waals surface area contributed by atoms with Crippen LogP contribution in [0.1, 0.15) is 52.5 Å². The van der Waals surface area contributed by atoms with Crippen LogP contribution in [0, 0.1) is 5.92 Å². The highest BCUT2D eigenvalue weighted by Gasteiger charge is 2.50. The molecule has 0 aromatic heterocycles. The van der Waals surface area contributed by atoms with Gasteiger partial charge < -0.3 is 25.6 Å². The maximum atomic E-state index is 13.5. The molecule has 202 valence electrons. The van der Waals surface area contributed by atoms with E-state index in [1.807, 2.05) is 44.2 Å². The summed E-state index contributed by atoms with van der Waals surface area (Å²) in [5.41, 5.74) is -0.0407. The minimum absolute atomic E-state index is 0.153. The number of carbonyl (C=O) groups excluding carboxylic acids is 5. The molecule has 10 heteroatoms. The van der Waals surface area contributed by atoms with Crippen LogP contribution in [-0.2, 0) is 35.1 Å². The fourth-order valence-electron chi connectivity index (χ4n) is 4.56. The van der Waals surface area contributed by atoms with Crippen LogP contribution in [0.2, 0.25) is 0 Å². The maximum absolute atomic E-state index is 13.5. The summed E-state index contributed by atoms with van der Waals surface area (Å²) < 4.78 is 5.32. The second kappa shape index (κ2) is 12.3. The Hall–Kier alpha value is -3.27. The van der Waals surface area contributed by atoms with E-state index in [0.29, 0.717) is 32.4 Å². The van der Waals surface area contributed by atoms with Crippen molar-refractivity contribution in [3.8, 4) is 0 Å². The molecule has 2 aliphatic rings. The van der Waals surface area contributed by atoms with Crippen molar-refractivity contribution in [1.29, 1.82) is 0 Å². The topological polar surface area (TPSA) is 137 Å². The Kier molecular flexibility index (Phi) is 9.42. The Morgan fingerprint density at radius 3 is 2.35 bits per heavy atom. The predicted molar refractivity (Wildman–Crippen MR) is 136 cm³/mol. The Labute approximate surface area is 217 Å². The fourth-order valence-corrected chi connectivity index (χ4v) is 4.56. The van der Waals surface area contributed by atoms with E-state index >= 15 is 0 Å². The first-order valence-electron chi connectivity index (χ1n) is 12.9. The van der Waals surface area contributed by atoms with Crippen LogP contribution in [0.3, 0.4) is 0 Å². The van der Waals surface area contributed by atoms with Crippen molar-refractivity contribution in [2.24, 2.45) is 5.92 Å². The molecule has 0 saturated carbocycles. The van der Waals surface area contributed by atoms with E-state index in [1.165, 1.54) is 11.8 Å². The molecule has 3 N–H and O–H groups in total. The van der Waals surface area contributed by atoms with Gasteiger partial charge in [-0.2, -0.15) is 0 Å². The van der Waals surface area contributed by atoms with Gasteiger partial charge in [0, 0.05) is 19.9 Å². The van der Waals surface area contributed by atoms with Gasteiger partial charge in [0.05, 0.1) is 19.2 Å². The van der Waals surface area contributed by atoms with Crippen LogP contribution in [0.4, 0.5) is 0 Å². The normalized spacial score (nSPS) is 22.2. The number of epoxide rings is 1. The van der Waals surface area contributed by atoms with E-state index in [2.05, 4.69) is 16.0 Å². The number of ketones is 1. The van der Waals surface area contributed by atoms with Crippen LogP contribution < -0.4 is 16.0 Å². The lowest BCUT2D eigenvalue weighted by molar-refractivity contribution is -0.139. The van der Waals surface area contributed by atoms with Gasteiger partial charge in [0.1, 0.15) is 17.7 Å². The molecule has 37 heavy (non-hydrogen) atoms. The second-order valence-electron chi connectivity index (χ2n) is 10.5. The number of amides is 4. The third-order valence-corrected chi connectivity index (χ3v) is 6.72. The van der Waals surface area contributed by atoms with Gasteiger partial charge in [0.15, 0.2) is 5.78 Å². The number of ether oxygens (including phenoxy) is 1. The van der Waals surface area contributed by atoms with E-state index in [-0.39, 0.29) is 36.5 Å². The largest absolute Gasteiger partial charge is 0.361 e. The number of hydrogen-bond donors (Lipinski definition) is 3. The third-order valence-electron chi connectivity index (χ3n) is 6.72. The van der Waals surface area contributed by atoms with Crippen LogP contribution in [-0.4, -0.2) is 77.7 Å². The molecule has 0 aliphatic carbocycles. The molecule has 2 saturated heterocycles. The summed E-state index contributed by atoms with van der Waals surface area (Å²) in [6.45, 7) is 7.51. The van der Waals surface area contributed by atoms with Crippen LogP contribution in [0.5, 0.6) is 0 Å². The summed E-state index contributed by atoms with van der Waals surface area (Å²) in [6.07, 6.45) is 1.77. The highest BCUT2D eigenvalue weighted by Crippen LogP contribution is 2.29. The zero-order chi connectivity index (χ0) is 27.2. The molecule has 1 aromatic rings. The van der Waals surface area contributed by atoms with Crippen molar-refractivity contribution in [3.63, 3.8) is 0 Å². The number of likely N-dealkylation sites (tertiary alicyclic amines) is 1. The van der Waals surface area contributed by atoms with Crippen molar-refractivity contribution < 1.29 is 28.7 Å². The van der Waals surface area contributed by atoms with E-state index < -0.39 is 35.5 Å². The quantitative estimate of drug-likeness (QED) is 0.352. The van der Waals surface area contributed by atoms with Crippen molar-refractivity contribution in [3.05, 3.63) is 35.9 Å². The minimum Gasteiger partial charge on any atom is -0.361 e. The Balaban J connectivity index is 1.75. The summed E-state index contributed by atoms with van der Waals surface area (Å²) in [5, 5.41) is 8.17. The molecule has 2 aliphatic heterocycles. The summed E-state index contributed by atoms with van der Waals surface area (Å²) in [6, 6.07) is 6.86. The smallest absolute Gasteiger partial charge is 0.243 e. The Morgan fingerprint density at radius 1 is 1.08 bits per heavy atom. The van der Waals surface area contributed by atoms with Crippen LogP contribution >= 0.6 is 0 Å². The van der Waals surface area contributed by atoms with Gasteiger partial charge in [-0.05, 0) is 37.7 Å². The fraction of sp³-hybridized carbons (Fsp3) is 0.593. The minimum atomic E-state index is -0.946. The summed E-state index contributed by atoms with van der Waals surface area (Å²) in [4.78, 5) is 65.1. The first kappa shape index (κ1) is 28.3. The van der Waals surface area contributed by atoms with E-state index in [9.17, 15) is 24.0 Å². The lowest BCUT2D eigenvalue weighted by Crippen LogP contribution is -2.57. The number of nitrogens with zero attached hydrogens (tertiary/aromatic N) is 1. The number of rotatable bonds is 12. The van der Waals surface area contributed by atoms with Crippen molar-refractivity contribution >= 4 is 29.4 Å². The zero-order valence-electron chi connectivity index (χ0n) is 22.0. The predicted octanol–water partition coefficient (Wildman–Crippen LogP) is 0.730. The average Bonchev–Trinajstić information content (AvgIpc) is 3.40. The molecule has 0 spiro atoms. The lowest BCUT2D eigenvalue weighted by atomic mass is 9.93. The molecular weight excluding hydrogens is 476 g/mol. The van der Waals surface area contributed by atoms with E-state index in [4.69, 9.17) is 4.74 Å². The highest BCUT2D eigenvalue weighted by atomic mass is 16.6. The number of Topliss-reactive ketones (excluding diaryl/α,β-unsaturated/α-hetero) is 1. The maximum Gasteiger partial charge on any atom is 0.243 e. The number of hydrogen-bond acceptors (Lipinski definition) is 6. The molecule has 2 heterocycles. The Morgan fingerprint density at radius 2 is 1.76 bits per heavy atom. The molecule has 1 aromatic carbocycles. The molecule has 3 rings (SSSR count). The van der Waals surface area contributed by atoms with Gasteiger partial charge in [-0.15, -0.1) is 0 Å². The highest BCUT2D eigenvalue weighted by molar-refractivity contribution is 5.98. The van der Waals surface area contributed by atoms with Crippen LogP contribution in [0.15, 0.2) is 30.3 Å². The number of carbonyl (C=O) groups is 5. The van der Waals surface area contributed by atoms with E-state index in [0.717, 1.165) is 5.56 Å². The molecule has 10 nitrogen and oxygen atoms in total. The van der Waals surface area contributed by atoms with Gasteiger partial charge >= 0.3 is 0 Å². The van der Waals surface area contributed by atoms with E-state index in [1.54, 1.807) is 6.92 Å². The molecular formula is C27H38N4O6. The summed E-state index contributed by atoms with van der Waals surface area (Å²) in [7, 11) is 0. The molecule has 0 unspecified atom stereocenters. The third kappa shape index (κ3) is 7.85. The second-order valence-corrected chi connectivity index (χ2v) is 10.5. The zero-order valence-corrected chi connectivity index (χ0v) is 22.0. The van der Waals surface area contributed by atoms with Gasteiger partial charge in [0.25, 0.3) is 0 Å². The van der Waals surface area contributed by atoms with Gasteiger partial charge in [0.2, 0.25) is 23.6 Å². The van der Waals surface area contributed by atoms with Crippen LogP contribution in [0.25, 0.3) is 0 Å². The van der Waals surface area contributed by atoms with Crippen molar-refractivity contribution in [1.82, 2.24) is 20.9 Å². The summed E-state index contributed by atoms with van der Waals surface area (Å²) in [5.74, 6) is -1.60. The monoisotopic (exact) mass is 514 g/mol. The standard InChI is InChI=1S/C27H38N4O6/c1-17(2)13-20(24(34)27(4)16-37-27)29-25(35)21(14-19-9-6-5-7-10-19)30-26(36)22-11-8-12-31(22)23(33)15-28-18(3)32/h5-7,9-10,17,20-22H,8,11-16H2,1-4H3,(H,28,32)(H,29,35)(H,30,36)/t20-,21-,22-,27+/m0/s1. The van der Waals surface area contributed by atoms with Gasteiger partial charge in [-0.3, -0.25) is 24.0 Å². The lowest BCUT2D eigenvalue weighted by Gasteiger charge is -2.28. The molecule has 0 bridgehead atoms. The molecule has 4 amide bonds.